The number of hydrogen-bond acceptors (Lipinski definition) is 3. The summed E-state index contributed by atoms with van der Waals surface area (Å²) in [7, 11) is 1.72. The Kier molecular flexibility index (Phi) is 6.51. The van der Waals surface area contributed by atoms with Gasteiger partial charge in [0.2, 0.25) is 0 Å². The van der Waals surface area contributed by atoms with Gasteiger partial charge in [-0.1, -0.05) is 65.1 Å². The van der Waals surface area contributed by atoms with Crippen LogP contribution >= 0.6 is 22.6 Å². The van der Waals surface area contributed by atoms with Crippen molar-refractivity contribution in [1.29, 1.82) is 0 Å². The van der Waals surface area contributed by atoms with Gasteiger partial charge >= 0.3 is 0 Å². The highest BCUT2D eigenvalue weighted by molar-refractivity contribution is 14.1. The first-order chi connectivity index (χ1) is 11.7. The van der Waals surface area contributed by atoms with Crippen LogP contribution in [-0.4, -0.2) is 35.2 Å². The van der Waals surface area contributed by atoms with E-state index in [4.69, 9.17) is 4.74 Å². The Balaban J connectivity index is 1.46. The van der Waals surface area contributed by atoms with Gasteiger partial charge < -0.3 is 10.1 Å². The standard InChI is InChI=1S/C20H25IN2O/c1-24-19-9-5-8-17(12-19)13-20(21)22-18-10-11-23(15-18)14-16-6-3-2-4-7-16/h2-9,12,18,20,22H,10-11,13-15H2,1H3/t18-,20?/m1/s1. The molecule has 2 atom stereocenters. The molecule has 0 bridgehead atoms. The fourth-order valence-electron chi connectivity index (χ4n) is 3.27. The molecule has 2 aromatic rings. The Hall–Kier alpha value is -1.11. The third-order valence-corrected chi connectivity index (χ3v) is 5.29. The van der Waals surface area contributed by atoms with Gasteiger partial charge in [-0.2, -0.15) is 0 Å². The number of nitrogens with zero attached hydrogens (tertiary/aromatic N) is 1. The number of benzene rings is 2. The number of ether oxygens (including phenoxy) is 1. The summed E-state index contributed by atoms with van der Waals surface area (Å²) in [6.07, 6.45) is 2.25. The highest BCUT2D eigenvalue weighted by atomic mass is 127. The van der Waals surface area contributed by atoms with E-state index >= 15 is 0 Å². The molecule has 0 radical (unpaired) electrons. The van der Waals surface area contributed by atoms with Crippen LogP contribution < -0.4 is 10.1 Å². The van der Waals surface area contributed by atoms with Crippen molar-refractivity contribution in [3.8, 4) is 5.75 Å². The number of rotatable bonds is 7. The van der Waals surface area contributed by atoms with E-state index in [9.17, 15) is 0 Å². The lowest BCUT2D eigenvalue weighted by atomic mass is 10.1. The second-order valence-electron chi connectivity index (χ2n) is 6.40. The number of likely N-dealkylation sites (tertiary alicyclic amines) is 1. The molecule has 24 heavy (non-hydrogen) atoms. The molecule has 128 valence electrons. The van der Waals surface area contributed by atoms with Crippen LogP contribution in [0.5, 0.6) is 5.75 Å². The fraction of sp³-hybridized carbons (Fsp3) is 0.400. The van der Waals surface area contributed by atoms with Crippen molar-refractivity contribution in [2.75, 3.05) is 20.2 Å². The van der Waals surface area contributed by atoms with E-state index in [1.54, 1.807) is 7.11 Å². The summed E-state index contributed by atoms with van der Waals surface area (Å²) < 4.78 is 5.75. The molecule has 0 aliphatic carbocycles. The second-order valence-corrected chi connectivity index (χ2v) is 7.90. The SMILES string of the molecule is COc1cccc(CC(I)N[C@@H]2CCN(Cc3ccccc3)C2)c1. The van der Waals surface area contributed by atoms with E-state index in [-0.39, 0.29) is 0 Å². The summed E-state index contributed by atoms with van der Waals surface area (Å²) in [5.74, 6) is 0.936. The van der Waals surface area contributed by atoms with Crippen LogP contribution in [0.3, 0.4) is 0 Å². The third-order valence-electron chi connectivity index (χ3n) is 4.49. The first-order valence-electron chi connectivity index (χ1n) is 8.52. The summed E-state index contributed by atoms with van der Waals surface area (Å²) in [4.78, 5) is 2.54. The molecule has 0 amide bonds. The van der Waals surface area contributed by atoms with Crippen LogP contribution in [0.4, 0.5) is 0 Å². The van der Waals surface area contributed by atoms with Crippen molar-refractivity contribution < 1.29 is 4.74 Å². The average Bonchev–Trinajstić information content (AvgIpc) is 3.02. The second kappa shape index (κ2) is 8.83. The largest absolute Gasteiger partial charge is 0.497 e. The molecular weight excluding hydrogens is 411 g/mol. The van der Waals surface area contributed by atoms with E-state index in [0.717, 1.165) is 25.3 Å². The summed E-state index contributed by atoms with van der Waals surface area (Å²) in [5, 5.41) is 3.78. The van der Waals surface area contributed by atoms with E-state index in [0.29, 0.717) is 10.1 Å². The maximum absolute atomic E-state index is 5.31. The van der Waals surface area contributed by atoms with Gasteiger partial charge in [0.1, 0.15) is 5.75 Å². The monoisotopic (exact) mass is 436 g/mol. The fourth-order valence-corrected chi connectivity index (χ4v) is 4.29. The summed E-state index contributed by atoms with van der Waals surface area (Å²) >= 11 is 2.52. The minimum atomic E-state index is 0.441. The van der Waals surface area contributed by atoms with Crippen LogP contribution in [0.25, 0.3) is 0 Å². The minimum absolute atomic E-state index is 0.441. The molecule has 1 unspecified atom stereocenters. The lowest BCUT2D eigenvalue weighted by molar-refractivity contribution is 0.320. The van der Waals surface area contributed by atoms with Gasteiger partial charge in [0, 0.05) is 25.7 Å². The molecule has 1 saturated heterocycles. The normalized spacial score (nSPS) is 19.3. The third kappa shape index (κ3) is 5.19. The van der Waals surface area contributed by atoms with Gasteiger partial charge in [-0.3, -0.25) is 4.90 Å². The van der Waals surface area contributed by atoms with Gasteiger partial charge in [-0.05, 0) is 36.1 Å². The van der Waals surface area contributed by atoms with Crippen molar-refractivity contribution in [3.05, 3.63) is 65.7 Å². The first kappa shape index (κ1) is 17.7. The Morgan fingerprint density at radius 1 is 1.17 bits per heavy atom. The van der Waals surface area contributed by atoms with Gasteiger partial charge in [-0.25, -0.2) is 0 Å². The van der Waals surface area contributed by atoms with E-state index in [2.05, 4.69) is 81.3 Å². The van der Waals surface area contributed by atoms with Gasteiger partial charge in [0.05, 0.1) is 11.2 Å². The van der Waals surface area contributed by atoms with Crippen molar-refractivity contribution in [1.82, 2.24) is 10.2 Å². The van der Waals surface area contributed by atoms with Crippen molar-refractivity contribution in [3.63, 3.8) is 0 Å². The van der Waals surface area contributed by atoms with E-state index in [1.807, 2.05) is 6.07 Å². The first-order valence-corrected chi connectivity index (χ1v) is 9.77. The molecule has 1 aliphatic rings. The Morgan fingerprint density at radius 3 is 2.75 bits per heavy atom. The van der Waals surface area contributed by atoms with Crippen LogP contribution in [0, 0.1) is 0 Å². The zero-order valence-electron chi connectivity index (χ0n) is 14.1. The molecule has 1 heterocycles. The zero-order chi connectivity index (χ0) is 16.8. The Morgan fingerprint density at radius 2 is 1.96 bits per heavy atom. The molecule has 0 saturated carbocycles. The molecule has 0 spiro atoms. The Bertz CT molecular complexity index is 635. The molecule has 1 fully saturated rings. The van der Waals surface area contributed by atoms with Gasteiger partial charge in [-0.15, -0.1) is 0 Å². The lowest BCUT2D eigenvalue weighted by Crippen LogP contribution is -2.38. The van der Waals surface area contributed by atoms with Crippen LogP contribution in [-0.2, 0) is 13.0 Å². The predicted octanol–water partition coefficient (Wildman–Crippen LogP) is 3.86. The molecule has 3 nitrogen and oxygen atoms in total. The Labute approximate surface area is 158 Å². The topological polar surface area (TPSA) is 24.5 Å². The van der Waals surface area contributed by atoms with Crippen molar-refractivity contribution in [2.45, 2.75) is 29.5 Å². The molecule has 3 rings (SSSR count). The molecule has 2 aromatic carbocycles. The zero-order valence-corrected chi connectivity index (χ0v) is 16.3. The number of methoxy groups -OCH3 is 1. The van der Waals surface area contributed by atoms with E-state index < -0.39 is 0 Å². The molecular formula is C20H25IN2O. The number of halogens is 1. The highest BCUT2D eigenvalue weighted by Gasteiger charge is 2.23. The van der Waals surface area contributed by atoms with Gasteiger partial charge in [0.15, 0.2) is 0 Å². The number of nitrogens with one attached hydrogen (secondary N) is 1. The van der Waals surface area contributed by atoms with E-state index in [1.165, 1.54) is 24.1 Å². The smallest absolute Gasteiger partial charge is 0.119 e. The highest BCUT2D eigenvalue weighted by Crippen LogP contribution is 2.18. The summed E-state index contributed by atoms with van der Waals surface area (Å²) in [6, 6.07) is 19.7. The number of hydrogen-bond donors (Lipinski definition) is 1. The maximum atomic E-state index is 5.31. The maximum Gasteiger partial charge on any atom is 0.119 e. The molecule has 4 heteroatoms. The minimum Gasteiger partial charge on any atom is -0.497 e. The van der Waals surface area contributed by atoms with Gasteiger partial charge in [0.25, 0.3) is 0 Å². The average molecular weight is 436 g/mol. The lowest BCUT2D eigenvalue weighted by Gasteiger charge is -2.20. The van der Waals surface area contributed by atoms with Crippen LogP contribution in [0.2, 0.25) is 0 Å². The van der Waals surface area contributed by atoms with Crippen LogP contribution in [0.15, 0.2) is 54.6 Å². The molecule has 1 N–H and O–H groups in total. The van der Waals surface area contributed by atoms with Crippen molar-refractivity contribution in [2.24, 2.45) is 0 Å². The van der Waals surface area contributed by atoms with Crippen LogP contribution in [0.1, 0.15) is 17.5 Å². The predicted molar refractivity (Wildman–Crippen MR) is 108 cm³/mol. The van der Waals surface area contributed by atoms with Crippen molar-refractivity contribution >= 4 is 22.6 Å². The quantitative estimate of drug-likeness (QED) is 0.405. The number of alkyl halides is 1. The molecule has 0 aromatic heterocycles. The summed E-state index contributed by atoms with van der Waals surface area (Å²) in [6.45, 7) is 3.36. The molecule has 1 aliphatic heterocycles. The summed E-state index contributed by atoms with van der Waals surface area (Å²) in [5.41, 5.74) is 2.72.